The van der Waals surface area contributed by atoms with E-state index in [0.717, 1.165) is 16.5 Å². The van der Waals surface area contributed by atoms with E-state index in [9.17, 15) is 9.90 Å². The minimum atomic E-state index is -0.891. The van der Waals surface area contributed by atoms with Crippen LogP contribution in [0.1, 0.15) is 15.9 Å². The number of carbonyl (C=O) groups is 1. The minimum Gasteiger partial charge on any atom is -0.478 e. The van der Waals surface area contributed by atoms with Crippen molar-refractivity contribution in [2.24, 2.45) is 0 Å². The molecule has 0 atom stereocenters. The Labute approximate surface area is 130 Å². The summed E-state index contributed by atoms with van der Waals surface area (Å²) in [6, 6.07) is 15.6. The molecule has 0 saturated heterocycles. The maximum atomic E-state index is 11.3. The monoisotopic (exact) mass is 377 g/mol. The van der Waals surface area contributed by atoms with E-state index in [1.165, 1.54) is 3.57 Å². The third-order valence-corrected chi connectivity index (χ3v) is 4.00. The largest absolute Gasteiger partial charge is 0.478 e. The fourth-order valence-corrected chi connectivity index (χ4v) is 2.71. The molecule has 0 aliphatic heterocycles. The lowest BCUT2D eigenvalue weighted by atomic mass is 10.1. The first-order chi connectivity index (χ1) is 9.65. The van der Waals surface area contributed by atoms with Crippen molar-refractivity contribution < 1.29 is 9.90 Å². The molecule has 3 aromatic rings. The normalized spacial score (nSPS) is 10.8. The van der Waals surface area contributed by atoms with Gasteiger partial charge in [-0.1, -0.05) is 24.3 Å². The first kappa shape index (κ1) is 13.2. The van der Waals surface area contributed by atoms with Gasteiger partial charge in [-0.3, -0.25) is 0 Å². The number of aromatic nitrogens is 1. The highest BCUT2D eigenvalue weighted by Crippen LogP contribution is 2.22. The Balaban J connectivity index is 2.07. The molecule has 0 aliphatic rings. The average molecular weight is 377 g/mol. The molecule has 0 aliphatic carbocycles. The van der Waals surface area contributed by atoms with Gasteiger partial charge in [-0.2, -0.15) is 0 Å². The van der Waals surface area contributed by atoms with E-state index in [1.54, 1.807) is 12.1 Å². The zero-order valence-corrected chi connectivity index (χ0v) is 12.7. The molecule has 0 amide bonds. The van der Waals surface area contributed by atoms with Crippen LogP contribution in [-0.2, 0) is 6.54 Å². The molecule has 0 saturated carbocycles. The number of para-hydroxylation sites is 1. The summed E-state index contributed by atoms with van der Waals surface area (Å²) in [6.07, 6.45) is 1.94. The molecule has 0 fully saturated rings. The van der Waals surface area contributed by atoms with E-state index in [0.29, 0.717) is 12.1 Å². The standard InChI is InChI=1S/C16H12INO2/c17-13-6-4-11(5-7-13)10-18-9-8-12-2-1-3-14(15(12)18)16(19)20/h1-9H,10H2,(H,19,20). The van der Waals surface area contributed by atoms with Crippen molar-refractivity contribution in [2.45, 2.75) is 6.54 Å². The molecule has 1 heterocycles. The van der Waals surface area contributed by atoms with E-state index in [-0.39, 0.29) is 0 Å². The highest BCUT2D eigenvalue weighted by molar-refractivity contribution is 14.1. The number of hydrogen-bond donors (Lipinski definition) is 1. The lowest BCUT2D eigenvalue weighted by molar-refractivity contribution is 0.0698. The number of carboxylic acid groups (broad SMARTS) is 1. The zero-order chi connectivity index (χ0) is 14.1. The average Bonchev–Trinajstić information content (AvgIpc) is 2.84. The quantitative estimate of drug-likeness (QED) is 0.702. The summed E-state index contributed by atoms with van der Waals surface area (Å²) in [4.78, 5) is 11.3. The van der Waals surface area contributed by atoms with Gasteiger partial charge in [-0.15, -0.1) is 0 Å². The third kappa shape index (κ3) is 2.43. The van der Waals surface area contributed by atoms with Crippen LogP contribution in [-0.4, -0.2) is 15.6 Å². The minimum absolute atomic E-state index is 0.345. The third-order valence-electron chi connectivity index (χ3n) is 3.29. The van der Waals surface area contributed by atoms with Gasteiger partial charge < -0.3 is 9.67 Å². The van der Waals surface area contributed by atoms with E-state index < -0.39 is 5.97 Å². The van der Waals surface area contributed by atoms with E-state index in [1.807, 2.05) is 22.9 Å². The Morgan fingerprint density at radius 3 is 2.55 bits per heavy atom. The molecule has 0 unspecified atom stereocenters. The molecule has 3 nitrogen and oxygen atoms in total. The summed E-state index contributed by atoms with van der Waals surface area (Å²) < 4.78 is 3.18. The fraction of sp³-hybridized carbons (Fsp3) is 0.0625. The highest BCUT2D eigenvalue weighted by Gasteiger charge is 2.12. The van der Waals surface area contributed by atoms with E-state index >= 15 is 0 Å². The predicted octanol–water partition coefficient (Wildman–Crippen LogP) is 3.99. The number of nitrogens with zero attached hydrogens (tertiary/aromatic N) is 1. The van der Waals surface area contributed by atoms with E-state index in [4.69, 9.17) is 0 Å². The van der Waals surface area contributed by atoms with Gasteiger partial charge >= 0.3 is 5.97 Å². The van der Waals surface area contributed by atoms with Crippen molar-refractivity contribution in [1.29, 1.82) is 0 Å². The van der Waals surface area contributed by atoms with Crippen molar-refractivity contribution in [2.75, 3.05) is 0 Å². The van der Waals surface area contributed by atoms with Gasteiger partial charge in [0.25, 0.3) is 0 Å². The van der Waals surface area contributed by atoms with Crippen molar-refractivity contribution in [3.63, 3.8) is 0 Å². The van der Waals surface area contributed by atoms with Crippen LogP contribution in [0.25, 0.3) is 10.9 Å². The van der Waals surface area contributed by atoms with Gasteiger partial charge in [-0.25, -0.2) is 4.79 Å². The van der Waals surface area contributed by atoms with Crippen molar-refractivity contribution in [1.82, 2.24) is 4.57 Å². The molecule has 0 spiro atoms. The number of aromatic carboxylic acids is 1. The highest BCUT2D eigenvalue weighted by atomic mass is 127. The number of hydrogen-bond acceptors (Lipinski definition) is 1. The Morgan fingerprint density at radius 1 is 1.10 bits per heavy atom. The number of fused-ring (bicyclic) bond motifs is 1. The number of carboxylic acids is 1. The molecular formula is C16H12INO2. The Morgan fingerprint density at radius 2 is 1.85 bits per heavy atom. The van der Waals surface area contributed by atoms with Crippen molar-refractivity contribution >= 4 is 39.5 Å². The van der Waals surface area contributed by atoms with Crippen LogP contribution >= 0.6 is 22.6 Å². The van der Waals surface area contributed by atoms with Gasteiger partial charge in [0.2, 0.25) is 0 Å². The van der Waals surface area contributed by atoms with Crippen molar-refractivity contribution in [3.8, 4) is 0 Å². The summed E-state index contributed by atoms with van der Waals surface area (Å²) >= 11 is 2.27. The molecule has 100 valence electrons. The predicted molar refractivity (Wildman–Crippen MR) is 87.2 cm³/mol. The smallest absolute Gasteiger partial charge is 0.337 e. The molecule has 0 radical (unpaired) electrons. The van der Waals surface area contributed by atoms with Gasteiger partial charge in [-0.05, 0) is 52.4 Å². The SMILES string of the molecule is O=C(O)c1cccc2ccn(Cc3ccc(I)cc3)c12. The first-order valence-corrected chi connectivity index (χ1v) is 7.28. The second-order valence-corrected chi connectivity index (χ2v) is 5.86. The lowest BCUT2D eigenvalue weighted by Gasteiger charge is -2.08. The van der Waals surface area contributed by atoms with Crippen LogP contribution in [0.4, 0.5) is 0 Å². The summed E-state index contributed by atoms with van der Waals surface area (Å²) in [5.41, 5.74) is 2.28. The molecule has 20 heavy (non-hydrogen) atoms. The number of rotatable bonds is 3. The maximum absolute atomic E-state index is 11.3. The molecular weight excluding hydrogens is 365 g/mol. The van der Waals surface area contributed by atoms with Crippen LogP contribution < -0.4 is 0 Å². The van der Waals surface area contributed by atoms with Gasteiger partial charge in [0.1, 0.15) is 0 Å². The van der Waals surface area contributed by atoms with Crippen LogP contribution in [0.3, 0.4) is 0 Å². The van der Waals surface area contributed by atoms with Crippen molar-refractivity contribution in [3.05, 3.63) is 69.4 Å². The van der Waals surface area contributed by atoms with E-state index in [2.05, 4.69) is 46.9 Å². The fourth-order valence-electron chi connectivity index (χ4n) is 2.35. The molecule has 4 heteroatoms. The lowest BCUT2D eigenvalue weighted by Crippen LogP contribution is -2.04. The Kier molecular flexibility index (Phi) is 3.48. The molecule has 1 N–H and O–H groups in total. The topological polar surface area (TPSA) is 42.2 Å². The first-order valence-electron chi connectivity index (χ1n) is 6.21. The summed E-state index contributed by atoms with van der Waals surface area (Å²) in [5.74, 6) is -0.891. The summed E-state index contributed by atoms with van der Waals surface area (Å²) in [7, 11) is 0. The molecule has 1 aromatic heterocycles. The van der Waals surface area contributed by atoms with Gasteiger partial charge in [0.05, 0.1) is 11.1 Å². The molecule has 2 aromatic carbocycles. The summed E-state index contributed by atoms with van der Waals surface area (Å²) in [6.45, 7) is 0.671. The van der Waals surface area contributed by atoms with Crippen LogP contribution in [0.5, 0.6) is 0 Å². The molecule has 0 bridgehead atoms. The van der Waals surface area contributed by atoms with Gasteiger partial charge in [0, 0.05) is 21.7 Å². The van der Waals surface area contributed by atoms with Crippen LogP contribution in [0, 0.1) is 3.57 Å². The second kappa shape index (κ2) is 5.28. The molecule has 3 rings (SSSR count). The maximum Gasteiger partial charge on any atom is 0.337 e. The Bertz CT molecular complexity index is 775. The number of benzene rings is 2. The van der Waals surface area contributed by atoms with Gasteiger partial charge in [0.15, 0.2) is 0 Å². The number of halogens is 1. The summed E-state index contributed by atoms with van der Waals surface area (Å²) in [5, 5.41) is 10.3. The zero-order valence-electron chi connectivity index (χ0n) is 10.6. The van der Waals surface area contributed by atoms with Crippen LogP contribution in [0.2, 0.25) is 0 Å². The van der Waals surface area contributed by atoms with Crippen LogP contribution in [0.15, 0.2) is 54.7 Å². The Hall–Kier alpha value is -1.82. The second-order valence-electron chi connectivity index (χ2n) is 4.62.